The van der Waals surface area contributed by atoms with E-state index in [1.807, 2.05) is 23.1 Å². The number of ether oxygens (including phenoxy) is 2. The molecule has 2 fully saturated rings. The molecule has 1 saturated carbocycles. The molecule has 26 heavy (non-hydrogen) atoms. The quantitative estimate of drug-likeness (QED) is 0.802. The summed E-state index contributed by atoms with van der Waals surface area (Å²) in [6.07, 6.45) is 8.39. The molecule has 1 saturated heterocycles. The van der Waals surface area contributed by atoms with Gasteiger partial charge in [0, 0.05) is 38.5 Å². The molecule has 2 aromatic rings. The molecule has 0 aromatic carbocycles. The summed E-state index contributed by atoms with van der Waals surface area (Å²) in [5, 5.41) is 7.66. The third kappa shape index (κ3) is 3.16. The highest BCUT2D eigenvalue weighted by molar-refractivity contribution is 5.77. The van der Waals surface area contributed by atoms with Gasteiger partial charge in [-0.05, 0) is 25.3 Å². The zero-order valence-electron chi connectivity index (χ0n) is 14.8. The van der Waals surface area contributed by atoms with Crippen molar-refractivity contribution >= 4 is 5.91 Å². The molecule has 8 nitrogen and oxygen atoms in total. The van der Waals surface area contributed by atoms with Gasteiger partial charge in [-0.3, -0.25) is 4.79 Å². The molecule has 2 aliphatic rings. The molecule has 1 aliphatic carbocycles. The molecule has 2 aromatic heterocycles. The van der Waals surface area contributed by atoms with E-state index in [2.05, 4.69) is 15.3 Å². The van der Waals surface area contributed by atoms with Crippen LogP contribution >= 0.6 is 0 Å². The Kier molecular flexibility index (Phi) is 4.58. The molecule has 0 unspecified atom stereocenters. The van der Waals surface area contributed by atoms with Crippen LogP contribution in [0.25, 0.3) is 0 Å². The minimum atomic E-state index is -0.276. The number of hydrogen-bond acceptors (Lipinski definition) is 6. The number of carbonyl (C=O) groups excluding carboxylic acids is 1. The number of rotatable bonds is 5. The van der Waals surface area contributed by atoms with Crippen molar-refractivity contribution in [2.45, 2.75) is 50.0 Å². The third-order valence-electron chi connectivity index (χ3n) is 5.56. The van der Waals surface area contributed by atoms with Crippen LogP contribution in [-0.4, -0.2) is 62.2 Å². The first-order chi connectivity index (χ1) is 12.7. The van der Waals surface area contributed by atoms with Crippen LogP contribution in [0.15, 0.2) is 36.8 Å². The van der Waals surface area contributed by atoms with Crippen molar-refractivity contribution in [2.24, 2.45) is 0 Å². The van der Waals surface area contributed by atoms with E-state index in [0.29, 0.717) is 12.4 Å². The topological polar surface area (TPSA) is 82.4 Å². The Bertz CT molecular complexity index is 739. The summed E-state index contributed by atoms with van der Waals surface area (Å²) in [4.78, 5) is 19.0. The van der Waals surface area contributed by atoms with Gasteiger partial charge >= 0.3 is 0 Å². The maximum absolute atomic E-state index is 12.8. The summed E-state index contributed by atoms with van der Waals surface area (Å²) >= 11 is 0. The molecule has 1 aliphatic heterocycles. The second-order valence-electron chi connectivity index (χ2n) is 6.90. The summed E-state index contributed by atoms with van der Waals surface area (Å²) in [7, 11) is 1.75. The van der Waals surface area contributed by atoms with Crippen molar-refractivity contribution < 1.29 is 14.3 Å². The SMILES string of the molecule is CO[C@@]12CC[C@H](Oc3ccccn3)C[C@@H]1N(C(=O)Cn1ccnn1)CC2. The largest absolute Gasteiger partial charge is 0.474 e. The van der Waals surface area contributed by atoms with E-state index in [4.69, 9.17) is 9.47 Å². The molecule has 0 N–H and O–H groups in total. The van der Waals surface area contributed by atoms with Crippen LogP contribution < -0.4 is 4.74 Å². The Labute approximate surface area is 152 Å². The molecule has 3 heterocycles. The van der Waals surface area contributed by atoms with E-state index in [1.165, 1.54) is 0 Å². The molecule has 8 heteroatoms. The van der Waals surface area contributed by atoms with Crippen LogP contribution in [0.2, 0.25) is 0 Å². The minimum Gasteiger partial charge on any atom is -0.474 e. The van der Waals surface area contributed by atoms with Crippen LogP contribution in [0.3, 0.4) is 0 Å². The van der Waals surface area contributed by atoms with Gasteiger partial charge in [0.15, 0.2) is 0 Å². The van der Waals surface area contributed by atoms with Gasteiger partial charge in [-0.15, -0.1) is 5.10 Å². The van der Waals surface area contributed by atoms with Crippen LogP contribution in [0.5, 0.6) is 5.88 Å². The highest BCUT2D eigenvalue weighted by atomic mass is 16.5. The predicted molar refractivity (Wildman–Crippen MR) is 92.4 cm³/mol. The Hall–Kier alpha value is -2.48. The zero-order valence-corrected chi connectivity index (χ0v) is 14.8. The van der Waals surface area contributed by atoms with E-state index in [0.717, 1.165) is 25.7 Å². The van der Waals surface area contributed by atoms with Gasteiger partial charge in [-0.1, -0.05) is 11.3 Å². The molecule has 0 bridgehead atoms. The first-order valence-corrected chi connectivity index (χ1v) is 8.96. The molecular weight excluding hydrogens is 334 g/mol. The van der Waals surface area contributed by atoms with Gasteiger partial charge in [0.25, 0.3) is 0 Å². The Morgan fingerprint density at radius 2 is 2.27 bits per heavy atom. The van der Waals surface area contributed by atoms with Crippen molar-refractivity contribution in [3.05, 3.63) is 36.8 Å². The van der Waals surface area contributed by atoms with Crippen molar-refractivity contribution in [3.63, 3.8) is 0 Å². The van der Waals surface area contributed by atoms with E-state index in [9.17, 15) is 4.79 Å². The number of hydrogen-bond donors (Lipinski definition) is 0. The van der Waals surface area contributed by atoms with Gasteiger partial charge in [-0.2, -0.15) is 0 Å². The van der Waals surface area contributed by atoms with E-state index in [-0.39, 0.29) is 30.2 Å². The Morgan fingerprint density at radius 1 is 1.35 bits per heavy atom. The fourth-order valence-corrected chi connectivity index (χ4v) is 4.20. The lowest BCUT2D eigenvalue weighted by atomic mass is 9.79. The molecule has 0 radical (unpaired) electrons. The lowest BCUT2D eigenvalue weighted by Crippen LogP contribution is -2.54. The van der Waals surface area contributed by atoms with Crippen molar-refractivity contribution in [1.82, 2.24) is 24.9 Å². The number of methoxy groups -OCH3 is 1. The smallest absolute Gasteiger partial charge is 0.244 e. The number of nitrogens with zero attached hydrogens (tertiary/aromatic N) is 5. The van der Waals surface area contributed by atoms with Crippen LogP contribution in [0.1, 0.15) is 25.7 Å². The maximum Gasteiger partial charge on any atom is 0.244 e. The predicted octanol–water partition coefficient (Wildman–Crippen LogP) is 1.29. The molecule has 3 atom stereocenters. The lowest BCUT2D eigenvalue weighted by molar-refractivity contribution is -0.140. The van der Waals surface area contributed by atoms with Crippen LogP contribution in [-0.2, 0) is 16.1 Å². The maximum atomic E-state index is 12.8. The van der Waals surface area contributed by atoms with Gasteiger partial charge in [0.2, 0.25) is 11.8 Å². The third-order valence-corrected chi connectivity index (χ3v) is 5.56. The molecule has 4 rings (SSSR count). The summed E-state index contributed by atoms with van der Waals surface area (Å²) in [5.74, 6) is 0.666. The number of likely N-dealkylation sites (tertiary alicyclic amines) is 1. The summed E-state index contributed by atoms with van der Waals surface area (Å²) in [6.45, 7) is 0.893. The lowest BCUT2D eigenvalue weighted by Gasteiger charge is -2.43. The first-order valence-electron chi connectivity index (χ1n) is 8.96. The highest BCUT2D eigenvalue weighted by Crippen LogP contribution is 2.43. The number of fused-ring (bicyclic) bond motifs is 1. The number of aromatic nitrogens is 4. The number of pyridine rings is 1. The number of amides is 1. The molecule has 1 amide bonds. The van der Waals surface area contributed by atoms with Gasteiger partial charge < -0.3 is 14.4 Å². The fourth-order valence-electron chi connectivity index (χ4n) is 4.20. The Morgan fingerprint density at radius 3 is 3.00 bits per heavy atom. The van der Waals surface area contributed by atoms with Crippen molar-refractivity contribution in [2.75, 3.05) is 13.7 Å². The summed E-state index contributed by atoms with van der Waals surface area (Å²) < 4.78 is 13.5. The zero-order chi connectivity index (χ0) is 18.0. The van der Waals surface area contributed by atoms with Gasteiger partial charge in [0.05, 0.1) is 17.8 Å². The normalized spacial score (nSPS) is 28.0. The first kappa shape index (κ1) is 17.0. The van der Waals surface area contributed by atoms with Crippen LogP contribution in [0, 0.1) is 0 Å². The van der Waals surface area contributed by atoms with Crippen molar-refractivity contribution in [3.8, 4) is 5.88 Å². The second kappa shape index (κ2) is 7.03. The highest BCUT2D eigenvalue weighted by Gasteiger charge is 2.53. The standard InChI is InChI=1S/C18H23N5O3/c1-25-18-6-5-14(26-16-4-2-3-8-19-16)12-15(18)23(10-7-18)17(24)13-22-11-9-20-21-22/h2-4,8-9,11,14-15H,5-7,10,12-13H2,1H3/t14-,15-,18+/m0/s1. The minimum absolute atomic E-state index is 0.00554. The molecule has 138 valence electrons. The van der Waals surface area contributed by atoms with Crippen molar-refractivity contribution in [1.29, 1.82) is 0 Å². The Balaban J connectivity index is 1.48. The summed E-state index contributed by atoms with van der Waals surface area (Å²) in [6, 6.07) is 5.64. The van der Waals surface area contributed by atoms with E-state index in [1.54, 1.807) is 30.4 Å². The monoisotopic (exact) mass is 357 g/mol. The average Bonchev–Trinajstić information content (AvgIpc) is 3.30. The fraction of sp³-hybridized carbons (Fsp3) is 0.556. The van der Waals surface area contributed by atoms with Gasteiger partial charge in [0.1, 0.15) is 12.6 Å². The molecule has 0 spiro atoms. The average molecular weight is 357 g/mol. The van der Waals surface area contributed by atoms with Crippen LogP contribution in [0.4, 0.5) is 0 Å². The van der Waals surface area contributed by atoms with E-state index >= 15 is 0 Å². The van der Waals surface area contributed by atoms with Gasteiger partial charge in [-0.25, -0.2) is 9.67 Å². The summed E-state index contributed by atoms with van der Waals surface area (Å²) in [5.41, 5.74) is -0.276. The number of carbonyl (C=O) groups is 1. The molecular formula is C18H23N5O3. The second-order valence-corrected chi connectivity index (χ2v) is 6.90. The van der Waals surface area contributed by atoms with E-state index < -0.39 is 0 Å².